The van der Waals surface area contributed by atoms with E-state index in [0.29, 0.717) is 6.42 Å². The number of nitrogens with zero attached hydrogens (tertiary/aromatic N) is 1. The van der Waals surface area contributed by atoms with Crippen molar-refractivity contribution in [1.82, 2.24) is 10.2 Å². The van der Waals surface area contributed by atoms with Gasteiger partial charge in [0, 0.05) is 6.04 Å². The van der Waals surface area contributed by atoms with Gasteiger partial charge < -0.3 is 0 Å². The monoisotopic (exact) mass is 282 g/mol. The molecular weight excluding hydrogens is 256 g/mol. The van der Waals surface area contributed by atoms with Crippen LogP contribution in [0.1, 0.15) is 65.7 Å². The number of imide groups is 2. The molecule has 1 heterocycles. The Morgan fingerprint density at radius 1 is 1.10 bits per heavy atom. The number of urea groups is 1. The predicted octanol–water partition coefficient (Wildman–Crippen LogP) is 2.84. The number of hydrogen-bond donors (Lipinski definition) is 1. The molecule has 114 valence electrons. The lowest BCUT2D eigenvalue weighted by molar-refractivity contribution is -0.144. The number of nitrogens with one attached hydrogen (secondary N) is 1. The third-order valence-electron chi connectivity index (χ3n) is 3.79. The van der Waals surface area contributed by atoms with Gasteiger partial charge in [0.05, 0.1) is 0 Å². The molecule has 5 nitrogen and oxygen atoms in total. The first kappa shape index (κ1) is 16.7. The van der Waals surface area contributed by atoms with Crippen LogP contribution < -0.4 is 5.32 Å². The summed E-state index contributed by atoms with van der Waals surface area (Å²) >= 11 is 0. The van der Waals surface area contributed by atoms with Gasteiger partial charge in [0.2, 0.25) is 11.8 Å². The minimum absolute atomic E-state index is 0.146. The van der Waals surface area contributed by atoms with Gasteiger partial charge in [-0.05, 0) is 19.8 Å². The molecular formula is C15H26N2O3. The third-order valence-corrected chi connectivity index (χ3v) is 3.79. The van der Waals surface area contributed by atoms with Gasteiger partial charge >= 0.3 is 6.03 Å². The first-order valence-corrected chi connectivity index (χ1v) is 7.70. The lowest BCUT2D eigenvalue weighted by atomic mass is 9.97. The Bertz CT molecular complexity index is 368. The zero-order chi connectivity index (χ0) is 15.1. The quantitative estimate of drug-likeness (QED) is 0.550. The van der Waals surface area contributed by atoms with Crippen LogP contribution in [0.4, 0.5) is 4.79 Å². The van der Waals surface area contributed by atoms with Gasteiger partial charge in [-0.3, -0.25) is 19.8 Å². The maximum atomic E-state index is 12.3. The fraction of sp³-hybridized carbons (Fsp3) is 0.800. The Balaban J connectivity index is 2.63. The van der Waals surface area contributed by atoms with Crippen molar-refractivity contribution in [2.75, 3.05) is 0 Å². The van der Waals surface area contributed by atoms with Gasteiger partial charge in [0.25, 0.3) is 0 Å². The van der Waals surface area contributed by atoms with E-state index in [1.165, 1.54) is 11.3 Å². The number of unbranched alkanes of at least 4 members (excludes halogenated alkanes) is 3. The van der Waals surface area contributed by atoms with Crippen LogP contribution in [-0.2, 0) is 9.59 Å². The van der Waals surface area contributed by atoms with Crippen LogP contribution in [-0.4, -0.2) is 28.8 Å². The Morgan fingerprint density at radius 3 is 2.40 bits per heavy atom. The van der Waals surface area contributed by atoms with E-state index >= 15 is 0 Å². The molecule has 0 aliphatic carbocycles. The number of hydrogen-bond acceptors (Lipinski definition) is 3. The number of rotatable bonds is 8. The number of carbonyl (C=O) groups is 3. The largest absolute Gasteiger partial charge is 0.331 e. The molecule has 20 heavy (non-hydrogen) atoms. The number of amides is 4. The summed E-state index contributed by atoms with van der Waals surface area (Å²) in [5.41, 5.74) is 0. The van der Waals surface area contributed by atoms with Crippen LogP contribution in [0.2, 0.25) is 0 Å². The maximum absolute atomic E-state index is 12.3. The lowest BCUT2D eigenvalue weighted by Crippen LogP contribution is -2.60. The van der Waals surface area contributed by atoms with Crippen molar-refractivity contribution in [2.24, 2.45) is 5.92 Å². The molecule has 5 heteroatoms. The molecule has 1 rings (SSSR count). The predicted molar refractivity (Wildman–Crippen MR) is 77.0 cm³/mol. The van der Waals surface area contributed by atoms with Gasteiger partial charge in [-0.1, -0.05) is 46.0 Å². The molecule has 1 fully saturated rings. The second-order valence-corrected chi connectivity index (χ2v) is 5.54. The SMILES string of the molecule is CCCCCCC(C)N1C(=O)NC(=O)C(CCC)C1=O. The molecule has 0 radical (unpaired) electrons. The van der Waals surface area contributed by atoms with Crippen molar-refractivity contribution < 1.29 is 14.4 Å². The van der Waals surface area contributed by atoms with Crippen molar-refractivity contribution in [1.29, 1.82) is 0 Å². The van der Waals surface area contributed by atoms with Crippen LogP contribution in [0.3, 0.4) is 0 Å². The van der Waals surface area contributed by atoms with Crippen molar-refractivity contribution in [3.8, 4) is 0 Å². The highest BCUT2D eigenvalue weighted by Gasteiger charge is 2.41. The maximum Gasteiger partial charge on any atom is 0.331 e. The molecule has 1 aliphatic rings. The Morgan fingerprint density at radius 2 is 1.80 bits per heavy atom. The second-order valence-electron chi connectivity index (χ2n) is 5.54. The standard InChI is InChI=1S/C15H26N2O3/c1-4-6-7-8-10-11(3)17-14(19)12(9-5-2)13(18)16-15(17)20/h11-12H,4-10H2,1-3H3,(H,16,18,20). The van der Waals surface area contributed by atoms with E-state index in [-0.39, 0.29) is 11.9 Å². The van der Waals surface area contributed by atoms with Gasteiger partial charge in [0.15, 0.2) is 0 Å². The van der Waals surface area contributed by atoms with Crippen molar-refractivity contribution in [3.05, 3.63) is 0 Å². The van der Waals surface area contributed by atoms with Gasteiger partial charge in [0.1, 0.15) is 5.92 Å². The van der Waals surface area contributed by atoms with E-state index < -0.39 is 17.9 Å². The number of barbiturate groups is 1. The minimum Gasteiger partial charge on any atom is -0.277 e. The smallest absolute Gasteiger partial charge is 0.277 e. The molecule has 0 aromatic rings. The first-order valence-electron chi connectivity index (χ1n) is 7.70. The van der Waals surface area contributed by atoms with Crippen LogP contribution in [0.15, 0.2) is 0 Å². The molecule has 0 aromatic carbocycles. The molecule has 1 aliphatic heterocycles. The zero-order valence-electron chi connectivity index (χ0n) is 12.8. The molecule has 2 atom stereocenters. The topological polar surface area (TPSA) is 66.5 Å². The highest BCUT2D eigenvalue weighted by Crippen LogP contribution is 2.20. The summed E-state index contributed by atoms with van der Waals surface area (Å²) in [6, 6.07) is -0.706. The summed E-state index contributed by atoms with van der Waals surface area (Å²) < 4.78 is 0. The summed E-state index contributed by atoms with van der Waals surface area (Å²) in [4.78, 5) is 37.1. The summed E-state index contributed by atoms with van der Waals surface area (Å²) in [5.74, 6) is -1.48. The molecule has 0 aromatic heterocycles. The molecule has 1 N–H and O–H groups in total. The van der Waals surface area contributed by atoms with E-state index in [4.69, 9.17) is 0 Å². The van der Waals surface area contributed by atoms with Crippen LogP contribution >= 0.6 is 0 Å². The molecule has 0 bridgehead atoms. The fourth-order valence-electron chi connectivity index (χ4n) is 2.59. The Labute approximate surface area is 121 Å². The van der Waals surface area contributed by atoms with Crippen molar-refractivity contribution in [3.63, 3.8) is 0 Å². The summed E-state index contributed by atoms with van der Waals surface area (Å²) in [5, 5.41) is 2.30. The van der Waals surface area contributed by atoms with E-state index in [1.54, 1.807) is 0 Å². The lowest BCUT2D eigenvalue weighted by Gasteiger charge is -2.34. The molecule has 2 unspecified atom stereocenters. The van der Waals surface area contributed by atoms with Crippen molar-refractivity contribution >= 4 is 17.8 Å². The van der Waals surface area contributed by atoms with Crippen LogP contribution in [0, 0.1) is 5.92 Å². The van der Waals surface area contributed by atoms with Crippen molar-refractivity contribution in [2.45, 2.75) is 71.8 Å². The first-order chi connectivity index (χ1) is 9.52. The molecule has 4 amide bonds. The third kappa shape index (κ3) is 4.05. The molecule has 1 saturated heterocycles. The summed E-state index contributed by atoms with van der Waals surface area (Å²) in [7, 11) is 0. The van der Waals surface area contributed by atoms with Gasteiger partial charge in [-0.25, -0.2) is 4.79 Å². The van der Waals surface area contributed by atoms with E-state index in [0.717, 1.165) is 32.1 Å². The molecule has 0 saturated carbocycles. The van der Waals surface area contributed by atoms with E-state index in [2.05, 4.69) is 12.2 Å². The normalized spacial score (nSPS) is 21.1. The summed E-state index contributed by atoms with van der Waals surface area (Å²) in [6.07, 6.45) is 6.48. The fourth-order valence-corrected chi connectivity index (χ4v) is 2.59. The van der Waals surface area contributed by atoms with Crippen LogP contribution in [0.5, 0.6) is 0 Å². The highest BCUT2D eigenvalue weighted by atomic mass is 16.2. The van der Waals surface area contributed by atoms with Gasteiger partial charge in [-0.15, -0.1) is 0 Å². The average molecular weight is 282 g/mol. The average Bonchev–Trinajstić information content (AvgIpc) is 2.39. The number of carbonyl (C=O) groups excluding carboxylic acids is 3. The Hall–Kier alpha value is -1.39. The minimum atomic E-state index is -0.698. The molecule has 0 spiro atoms. The van der Waals surface area contributed by atoms with E-state index in [1.807, 2.05) is 13.8 Å². The summed E-state index contributed by atoms with van der Waals surface area (Å²) in [6.45, 7) is 5.95. The Kier molecular flexibility index (Phi) is 6.68. The van der Waals surface area contributed by atoms with E-state index in [9.17, 15) is 14.4 Å². The zero-order valence-corrected chi connectivity index (χ0v) is 12.8. The highest BCUT2D eigenvalue weighted by molar-refractivity contribution is 6.16. The second kappa shape index (κ2) is 8.02. The van der Waals surface area contributed by atoms with Crippen LogP contribution in [0.25, 0.3) is 0 Å². The van der Waals surface area contributed by atoms with Gasteiger partial charge in [-0.2, -0.15) is 0 Å².